The van der Waals surface area contributed by atoms with Crippen LogP contribution >= 0.6 is 10.2 Å². The smallest absolute Gasteiger partial charge is 0.273 e. The van der Waals surface area contributed by atoms with Crippen LogP contribution in [0.3, 0.4) is 0 Å². The third kappa shape index (κ3) is 6.66. The van der Waals surface area contributed by atoms with E-state index in [9.17, 15) is 42.2 Å². The second kappa shape index (κ2) is 7.46. The normalized spacial score (nSPS) is 14.8. The maximum atomic E-state index is 13.1. The zero-order valence-electron chi connectivity index (χ0n) is 16.1. The van der Waals surface area contributed by atoms with E-state index in [0.29, 0.717) is 0 Å². The maximum Gasteiger partial charge on any atom is 0.416 e. The summed E-state index contributed by atoms with van der Waals surface area (Å²) < 4.78 is 105. The van der Waals surface area contributed by atoms with Crippen molar-refractivity contribution in [2.45, 2.75) is 24.9 Å². The topological polar surface area (TPSA) is 88.9 Å². The highest BCUT2D eigenvalue weighted by Crippen LogP contribution is 3.02. The molecule has 1 heterocycles. The number of hydrazine groups is 1. The Kier molecular flexibility index (Phi) is 5.85. The van der Waals surface area contributed by atoms with Gasteiger partial charge in [0, 0.05) is 23.8 Å². The summed E-state index contributed by atoms with van der Waals surface area (Å²) in [5.74, 6) is -2.52. The van der Waals surface area contributed by atoms with Crippen molar-refractivity contribution in [3.05, 3.63) is 36.2 Å². The minimum absolute atomic E-state index is 0.185. The number of benzene rings is 1. The van der Waals surface area contributed by atoms with Gasteiger partial charge in [-0.25, -0.2) is 9.67 Å². The van der Waals surface area contributed by atoms with Crippen LogP contribution in [0.25, 0.3) is 17.6 Å². The first kappa shape index (κ1) is 25.1. The molecule has 1 aromatic carbocycles. The van der Waals surface area contributed by atoms with Crippen molar-refractivity contribution in [2.75, 3.05) is 0 Å². The molecule has 2 aromatic rings. The average molecular weight is 493 g/mol. The van der Waals surface area contributed by atoms with Gasteiger partial charge < -0.3 is 0 Å². The lowest BCUT2D eigenvalue weighted by Gasteiger charge is -2.40. The zero-order valence-corrected chi connectivity index (χ0v) is 16.9. The molecule has 0 aliphatic rings. The Hall–Kier alpha value is -3.17. The molecule has 7 nitrogen and oxygen atoms in total. The third-order valence-corrected chi connectivity index (χ3v) is 4.78. The van der Waals surface area contributed by atoms with Crippen molar-refractivity contribution in [1.82, 2.24) is 25.6 Å². The van der Waals surface area contributed by atoms with Gasteiger partial charge >= 0.3 is 16.4 Å². The number of carbonyl (C=O) groups is 2. The van der Waals surface area contributed by atoms with Gasteiger partial charge in [0.25, 0.3) is 5.91 Å². The van der Waals surface area contributed by atoms with Crippen LogP contribution in [0.2, 0.25) is 0 Å². The van der Waals surface area contributed by atoms with Gasteiger partial charge in [0.2, 0.25) is 5.91 Å². The van der Waals surface area contributed by atoms with E-state index in [1.54, 1.807) is 13.8 Å². The van der Waals surface area contributed by atoms with Crippen LogP contribution in [0.15, 0.2) is 35.5 Å². The largest absolute Gasteiger partial charge is 0.416 e. The van der Waals surface area contributed by atoms with Crippen molar-refractivity contribution >= 4 is 28.2 Å². The number of amides is 2. The molecule has 0 spiro atoms. The fourth-order valence-electron chi connectivity index (χ4n) is 2.05. The van der Waals surface area contributed by atoms with Crippen LogP contribution in [0.4, 0.5) is 32.6 Å². The summed E-state index contributed by atoms with van der Waals surface area (Å²) in [7, 11) is -10.4. The van der Waals surface area contributed by atoms with Crippen molar-refractivity contribution in [3.63, 3.8) is 0 Å². The summed E-state index contributed by atoms with van der Waals surface area (Å²) in [5, 5.41) is 3.55. The molecule has 32 heavy (non-hydrogen) atoms. The van der Waals surface area contributed by atoms with Gasteiger partial charge in [0.05, 0.1) is 5.56 Å². The summed E-state index contributed by atoms with van der Waals surface area (Å²) in [5.41, 5.74) is 1.16. The molecule has 0 saturated heterocycles. The SMILES string of the molecule is CC(C)C(=O)NNC(=O)/C=C\n1cnc(-c2cc(C(F)(F)F)cc(S(F)(F)(F)(F)F)c2)n1. The Morgan fingerprint density at radius 3 is 2.22 bits per heavy atom. The van der Waals surface area contributed by atoms with Crippen molar-refractivity contribution < 1.29 is 42.2 Å². The number of rotatable bonds is 5. The predicted octanol–water partition coefficient (Wildman–Crippen LogP) is 4.90. The molecule has 2 amide bonds. The minimum Gasteiger partial charge on any atom is -0.273 e. The lowest BCUT2D eigenvalue weighted by molar-refractivity contribution is -0.137. The number of nitrogens with one attached hydrogen (secondary N) is 2. The van der Waals surface area contributed by atoms with E-state index in [1.807, 2.05) is 5.43 Å². The molecule has 0 atom stereocenters. The molecule has 2 rings (SSSR count). The molecule has 0 unspecified atom stereocenters. The molecule has 0 aliphatic carbocycles. The zero-order chi connectivity index (χ0) is 24.6. The van der Waals surface area contributed by atoms with E-state index in [2.05, 4.69) is 15.5 Å². The molecule has 0 radical (unpaired) electrons. The van der Waals surface area contributed by atoms with Gasteiger partial charge in [-0.2, -0.15) is 13.2 Å². The monoisotopic (exact) mass is 493 g/mol. The van der Waals surface area contributed by atoms with Crippen LogP contribution in [0.1, 0.15) is 19.4 Å². The van der Waals surface area contributed by atoms with E-state index in [4.69, 9.17) is 0 Å². The number of carbonyl (C=O) groups excluding carboxylic acids is 2. The first-order chi connectivity index (χ1) is 14.3. The molecule has 0 saturated carbocycles. The molecule has 0 aliphatic heterocycles. The van der Waals surface area contributed by atoms with Gasteiger partial charge in [-0.1, -0.05) is 33.3 Å². The first-order valence-corrected chi connectivity index (χ1v) is 10.4. The Labute approximate surface area is 175 Å². The second-order valence-electron chi connectivity index (χ2n) is 6.71. The fraction of sp³-hybridized carbons (Fsp3) is 0.250. The lowest BCUT2D eigenvalue weighted by Crippen LogP contribution is -2.42. The Morgan fingerprint density at radius 1 is 1.06 bits per heavy atom. The summed E-state index contributed by atoms with van der Waals surface area (Å²) in [6.07, 6.45) is -2.82. The van der Waals surface area contributed by atoms with Crippen molar-refractivity contribution in [2.24, 2.45) is 5.92 Å². The van der Waals surface area contributed by atoms with E-state index in [-0.39, 0.29) is 12.1 Å². The van der Waals surface area contributed by atoms with E-state index >= 15 is 0 Å². The third-order valence-electron chi connectivity index (χ3n) is 3.66. The summed E-state index contributed by atoms with van der Waals surface area (Å²) in [6, 6.07) is -0.684. The molecule has 16 heteroatoms. The number of halogens is 8. The van der Waals surface area contributed by atoms with Crippen molar-refractivity contribution in [1.29, 1.82) is 0 Å². The van der Waals surface area contributed by atoms with Crippen LogP contribution < -0.4 is 10.9 Å². The highest BCUT2D eigenvalue weighted by atomic mass is 32.5. The number of nitrogens with zero attached hydrogens (tertiary/aromatic N) is 3. The summed E-state index contributed by atoms with van der Waals surface area (Å²) >= 11 is 0. The number of alkyl halides is 3. The minimum atomic E-state index is -10.4. The maximum absolute atomic E-state index is 13.1. The van der Waals surface area contributed by atoms with Gasteiger partial charge in [0.15, 0.2) is 5.82 Å². The Bertz CT molecular complexity index is 1080. The number of hydrogen-bond acceptors (Lipinski definition) is 4. The van der Waals surface area contributed by atoms with E-state index in [0.717, 1.165) is 23.3 Å². The highest BCUT2D eigenvalue weighted by Gasteiger charge is 2.66. The number of hydrogen-bond donors (Lipinski definition) is 2. The van der Waals surface area contributed by atoms with Gasteiger partial charge in [-0.3, -0.25) is 20.4 Å². The van der Waals surface area contributed by atoms with Crippen LogP contribution in [-0.4, -0.2) is 26.6 Å². The molecule has 178 valence electrons. The summed E-state index contributed by atoms with van der Waals surface area (Å²) in [6.45, 7) is 3.12. The predicted molar refractivity (Wildman–Crippen MR) is 98.3 cm³/mol. The molecule has 0 fully saturated rings. The highest BCUT2D eigenvalue weighted by molar-refractivity contribution is 8.45. The fourth-order valence-corrected chi connectivity index (χ4v) is 2.75. The standard InChI is InChI=1S/C16H15F8N5O2S/c1-9(2)15(31)27-26-13(30)3-4-29-8-25-14(28-29)10-5-11(16(17,18)19)7-12(6-10)32(20,21,22,23)24/h3-9H,1-2H3,(H,26,30)(H,27,31)/b4-3-. The van der Waals surface area contributed by atoms with Gasteiger partial charge in [-0.15, -0.1) is 5.10 Å². The second-order valence-corrected chi connectivity index (χ2v) is 9.12. The van der Waals surface area contributed by atoms with Crippen molar-refractivity contribution in [3.8, 4) is 11.4 Å². The van der Waals surface area contributed by atoms with E-state index < -0.39 is 62.0 Å². The van der Waals surface area contributed by atoms with E-state index in [1.165, 1.54) is 0 Å². The molecule has 2 N–H and O–H groups in total. The van der Waals surface area contributed by atoms with Crippen LogP contribution in [0, 0.1) is 5.92 Å². The average Bonchev–Trinajstić information content (AvgIpc) is 3.10. The molecule has 0 bridgehead atoms. The van der Waals surface area contributed by atoms with Crippen LogP contribution in [0.5, 0.6) is 0 Å². The van der Waals surface area contributed by atoms with Gasteiger partial charge in [0.1, 0.15) is 11.2 Å². The Balaban J connectivity index is 2.34. The molecular formula is C16H15F8N5O2S. The quantitative estimate of drug-likeness (QED) is 0.353. The Morgan fingerprint density at radius 2 is 1.69 bits per heavy atom. The number of aromatic nitrogens is 3. The van der Waals surface area contributed by atoms with Gasteiger partial charge in [-0.05, 0) is 18.2 Å². The summed E-state index contributed by atoms with van der Waals surface area (Å²) in [4.78, 5) is 23.7. The van der Waals surface area contributed by atoms with Crippen LogP contribution in [-0.2, 0) is 15.8 Å². The molecular weight excluding hydrogens is 478 g/mol. The lowest BCUT2D eigenvalue weighted by atomic mass is 10.1. The molecule has 1 aromatic heterocycles. The first-order valence-electron chi connectivity index (χ1n) is 8.42.